The first-order chi connectivity index (χ1) is 28.2. The van der Waals surface area contributed by atoms with Gasteiger partial charge in [-0.05, 0) is 82.6 Å². The molecule has 3 aliphatic heterocycles. The number of para-hydroxylation sites is 2. The topological polar surface area (TPSA) is 21.1 Å². The van der Waals surface area contributed by atoms with Crippen LogP contribution in [0.15, 0.2) is 134 Å². The Bertz CT molecular complexity index is 2940. The van der Waals surface area contributed by atoms with Crippen LogP contribution in [0.4, 0.5) is 34.1 Å². The van der Waals surface area contributed by atoms with E-state index in [4.69, 9.17) is 4.98 Å². The van der Waals surface area contributed by atoms with Crippen LogP contribution in [0.5, 0.6) is 0 Å². The standard InChI is InChI=1S/C54H52N5.Pt/c1-36-26-49-50(27-37(36)2)59(34-58(49,35-59)43-20-14-11-15-21-43)44-29-40(54(6,7)8)28-41(31-44)56(9)42-32-46(38-18-12-10-13-19-38)52-45-22-16-17-23-47(45)57(48(52)33-42)51-30-39(24-25-55-51)53(3,4)5;/h10-30,32,34H,35H2,1-9H3;/q-1;/t58-,59+;/m0./s1. The van der Waals surface area contributed by atoms with Gasteiger partial charge in [0.15, 0.2) is 18.0 Å². The summed E-state index contributed by atoms with van der Waals surface area (Å²) in [7, 11) is 2.18. The molecule has 1 fully saturated rings. The van der Waals surface area contributed by atoms with Gasteiger partial charge in [-0.3, -0.25) is 4.48 Å². The molecule has 5 nitrogen and oxygen atoms in total. The van der Waals surface area contributed by atoms with Gasteiger partial charge in [-0.25, -0.2) is 4.98 Å². The van der Waals surface area contributed by atoms with Crippen molar-refractivity contribution in [3.8, 4) is 16.9 Å². The van der Waals surface area contributed by atoms with E-state index >= 15 is 0 Å². The van der Waals surface area contributed by atoms with Crippen molar-refractivity contribution in [3.63, 3.8) is 0 Å². The zero-order valence-corrected chi connectivity index (χ0v) is 38.3. The molecule has 0 radical (unpaired) electrons. The first-order valence-corrected chi connectivity index (χ1v) is 20.8. The van der Waals surface area contributed by atoms with Crippen molar-refractivity contribution in [3.05, 3.63) is 175 Å². The predicted octanol–water partition coefficient (Wildman–Crippen LogP) is 13.8. The molecule has 60 heavy (non-hydrogen) atoms. The fraction of sp³-hybridized carbons (Fsp3) is 0.222. The van der Waals surface area contributed by atoms with Crippen molar-refractivity contribution < 1.29 is 21.1 Å². The van der Waals surface area contributed by atoms with E-state index in [2.05, 4.69) is 218 Å². The van der Waals surface area contributed by atoms with Crippen LogP contribution in [0.25, 0.3) is 38.8 Å². The third-order valence-corrected chi connectivity index (χ3v) is 13.0. The van der Waals surface area contributed by atoms with Crippen LogP contribution < -0.4 is 13.9 Å². The summed E-state index contributed by atoms with van der Waals surface area (Å²) in [6, 6.07) is 54.8. The van der Waals surface area contributed by atoms with Crippen LogP contribution in [0.2, 0.25) is 0 Å². The molecule has 6 heteroatoms. The molecular weight excluding hydrogens is 914 g/mol. The van der Waals surface area contributed by atoms with Crippen LogP contribution in [0.3, 0.4) is 0 Å². The minimum absolute atomic E-state index is 0. The maximum Gasteiger partial charge on any atom is 0.184 e. The molecular formula is C54H52N5Pt-. The number of rotatable bonds is 6. The number of pyridine rings is 1. The van der Waals surface area contributed by atoms with E-state index in [9.17, 15) is 0 Å². The summed E-state index contributed by atoms with van der Waals surface area (Å²) in [4.78, 5) is 7.30. The quantitative estimate of drug-likeness (QED) is 0.122. The van der Waals surface area contributed by atoms with Crippen LogP contribution in [0.1, 0.15) is 63.8 Å². The average Bonchev–Trinajstić information content (AvgIpc) is 3.80. The minimum Gasteiger partial charge on any atom is -0.391 e. The SMILES string of the molecule is Cc1cc2c(cc1C)[N@+]1(c3[c-]c(N(C)c4[c-]c5c(c(-c6ccccc6)c4)c4ccccc4n5-c4cc(C(C)(C)C)ccn4)cc(C(C)(C)C)c3)[CH-][N@@+]2(c2ccccc2)C1.[Pt]. The Labute approximate surface area is 370 Å². The smallest absolute Gasteiger partial charge is 0.184 e. The predicted molar refractivity (Wildman–Crippen MR) is 248 cm³/mol. The summed E-state index contributed by atoms with van der Waals surface area (Å²) < 4.78 is 3.69. The first kappa shape index (κ1) is 40.1. The minimum atomic E-state index is -0.0984. The molecule has 3 aliphatic rings. The van der Waals surface area contributed by atoms with Gasteiger partial charge in [-0.1, -0.05) is 137 Å². The van der Waals surface area contributed by atoms with E-state index in [1.807, 2.05) is 6.20 Å². The number of anilines is 2. The number of hydrogen-bond donors (Lipinski definition) is 0. The summed E-state index contributed by atoms with van der Waals surface area (Å²) in [5, 5.41) is 2.35. The number of nitrogens with zero attached hydrogens (tertiary/aromatic N) is 5. The Morgan fingerprint density at radius 1 is 0.667 bits per heavy atom. The molecule has 6 aromatic carbocycles. The van der Waals surface area contributed by atoms with Gasteiger partial charge in [0.05, 0.1) is 6.67 Å². The third-order valence-electron chi connectivity index (χ3n) is 13.0. The molecule has 5 heterocycles. The molecule has 2 aromatic heterocycles. The van der Waals surface area contributed by atoms with Crippen LogP contribution in [-0.2, 0) is 31.9 Å². The van der Waals surface area contributed by atoms with Crippen molar-refractivity contribution in [1.29, 1.82) is 0 Å². The number of aromatic nitrogens is 2. The van der Waals surface area contributed by atoms with Gasteiger partial charge in [-0.15, -0.1) is 35.4 Å². The fourth-order valence-electron chi connectivity index (χ4n) is 9.38. The Morgan fingerprint density at radius 3 is 1.93 bits per heavy atom. The number of fused-ring (bicyclic) bond motifs is 3. The summed E-state index contributed by atoms with van der Waals surface area (Å²) in [6.07, 6.45) is 1.95. The van der Waals surface area contributed by atoms with Gasteiger partial charge in [0, 0.05) is 57.6 Å². The zero-order chi connectivity index (χ0) is 41.1. The Hall–Kier alpha value is -5.32. The van der Waals surface area contributed by atoms with Crippen molar-refractivity contribution in [2.45, 2.75) is 66.2 Å². The second-order valence-electron chi connectivity index (χ2n) is 18.9. The van der Waals surface area contributed by atoms with Gasteiger partial charge in [-0.2, -0.15) is 0 Å². The molecule has 0 saturated carbocycles. The number of hydrogen-bond acceptors (Lipinski definition) is 2. The molecule has 0 N–H and O–H groups in total. The fourth-order valence-corrected chi connectivity index (χ4v) is 9.38. The zero-order valence-electron chi connectivity index (χ0n) is 36.0. The van der Waals surface area contributed by atoms with E-state index in [0.717, 1.165) is 56.2 Å². The Kier molecular flexibility index (Phi) is 9.44. The molecule has 0 spiro atoms. The van der Waals surface area contributed by atoms with Crippen molar-refractivity contribution in [2.24, 2.45) is 0 Å². The van der Waals surface area contributed by atoms with Gasteiger partial charge in [0.25, 0.3) is 0 Å². The summed E-state index contributed by atoms with van der Waals surface area (Å²) >= 11 is 0. The van der Waals surface area contributed by atoms with Gasteiger partial charge < -0.3 is 14.0 Å². The molecule has 11 rings (SSSR count). The number of aryl methyl sites for hydroxylation is 2. The van der Waals surface area contributed by atoms with Gasteiger partial charge in [0.1, 0.15) is 11.5 Å². The Morgan fingerprint density at radius 2 is 1.27 bits per heavy atom. The van der Waals surface area contributed by atoms with E-state index in [-0.39, 0.29) is 31.9 Å². The largest absolute Gasteiger partial charge is 0.391 e. The van der Waals surface area contributed by atoms with E-state index in [0.29, 0.717) is 4.48 Å². The van der Waals surface area contributed by atoms with E-state index < -0.39 is 0 Å². The van der Waals surface area contributed by atoms with Crippen molar-refractivity contribution >= 4 is 55.9 Å². The molecule has 0 amide bonds. The summed E-state index contributed by atoms with van der Waals surface area (Å²) in [6.45, 7) is 21.6. The van der Waals surface area contributed by atoms with Crippen LogP contribution in [0, 0.1) is 32.6 Å². The summed E-state index contributed by atoms with van der Waals surface area (Å²) in [5.74, 6) is 0.893. The second-order valence-corrected chi connectivity index (χ2v) is 18.9. The molecule has 8 aromatic rings. The molecule has 2 bridgehead atoms. The molecule has 0 unspecified atom stereocenters. The average molecular weight is 966 g/mol. The van der Waals surface area contributed by atoms with Crippen molar-refractivity contribution in [1.82, 2.24) is 18.5 Å². The molecule has 304 valence electrons. The van der Waals surface area contributed by atoms with Crippen molar-refractivity contribution in [2.75, 3.05) is 18.6 Å². The molecule has 1 saturated heterocycles. The molecule has 2 atom stereocenters. The monoisotopic (exact) mass is 965 g/mol. The maximum atomic E-state index is 5.01. The number of quaternary nitrogens is 2. The van der Waals surface area contributed by atoms with Crippen LogP contribution in [-0.4, -0.2) is 23.3 Å². The van der Waals surface area contributed by atoms with Gasteiger partial charge >= 0.3 is 0 Å². The Balaban J connectivity index is 0.00000462. The number of benzene rings is 6. The van der Waals surface area contributed by atoms with E-state index in [1.165, 1.54) is 50.1 Å². The third kappa shape index (κ3) is 6.12. The molecule has 0 aliphatic carbocycles. The van der Waals surface area contributed by atoms with Gasteiger partial charge in [0.2, 0.25) is 0 Å². The first-order valence-electron chi connectivity index (χ1n) is 20.8. The van der Waals surface area contributed by atoms with E-state index in [1.54, 1.807) is 0 Å². The second kappa shape index (κ2) is 14.1. The summed E-state index contributed by atoms with van der Waals surface area (Å²) in [5.41, 5.74) is 16.6. The maximum absolute atomic E-state index is 5.01. The van der Waals surface area contributed by atoms with Crippen LogP contribution >= 0.6 is 0 Å². The normalized spacial score (nSPS) is 18.3.